The van der Waals surface area contributed by atoms with Crippen molar-refractivity contribution < 1.29 is 4.79 Å². The topological polar surface area (TPSA) is 71.8 Å². The number of carbonyl (C=O) groups excluding carboxylic acids is 1. The van der Waals surface area contributed by atoms with Crippen molar-refractivity contribution >= 4 is 5.91 Å². The predicted molar refractivity (Wildman–Crippen MR) is 60.8 cm³/mol. The lowest BCUT2D eigenvalue weighted by Crippen LogP contribution is -2.25. The van der Waals surface area contributed by atoms with Crippen molar-refractivity contribution in [2.45, 2.75) is 32.9 Å². The third-order valence-electron chi connectivity index (χ3n) is 2.23. The molecule has 0 aliphatic carbocycles. The zero-order chi connectivity index (χ0) is 12.0. The van der Waals surface area contributed by atoms with Crippen LogP contribution in [0.5, 0.6) is 0 Å². The highest BCUT2D eigenvalue weighted by molar-refractivity contribution is 5.75. The highest BCUT2D eigenvalue weighted by Gasteiger charge is 2.06. The number of hydrogen-bond acceptors (Lipinski definition) is 4. The van der Waals surface area contributed by atoms with E-state index in [0.29, 0.717) is 25.6 Å². The van der Waals surface area contributed by atoms with E-state index in [1.54, 1.807) is 13.4 Å². The van der Waals surface area contributed by atoms with Crippen molar-refractivity contribution in [2.75, 3.05) is 13.6 Å². The molecule has 0 atom stereocenters. The van der Waals surface area contributed by atoms with E-state index in [4.69, 9.17) is 0 Å². The Morgan fingerprint density at radius 2 is 2.31 bits per heavy atom. The van der Waals surface area contributed by atoms with Crippen LogP contribution in [0, 0.1) is 0 Å². The molecule has 0 saturated carbocycles. The summed E-state index contributed by atoms with van der Waals surface area (Å²) in [5, 5.41) is 9.87. The second kappa shape index (κ2) is 6.22. The van der Waals surface area contributed by atoms with Gasteiger partial charge < -0.3 is 10.6 Å². The first-order valence-electron chi connectivity index (χ1n) is 5.44. The van der Waals surface area contributed by atoms with E-state index in [-0.39, 0.29) is 5.91 Å². The molecule has 16 heavy (non-hydrogen) atoms. The van der Waals surface area contributed by atoms with Crippen LogP contribution >= 0.6 is 0 Å². The summed E-state index contributed by atoms with van der Waals surface area (Å²) in [5.41, 5.74) is 0. The Morgan fingerprint density at radius 3 is 2.94 bits per heavy atom. The summed E-state index contributed by atoms with van der Waals surface area (Å²) in [5.74, 6) is 0.935. The summed E-state index contributed by atoms with van der Waals surface area (Å²) in [6, 6.07) is 0.304. The van der Waals surface area contributed by atoms with Gasteiger partial charge in [0, 0.05) is 26.1 Å². The fourth-order valence-electron chi connectivity index (χ4n) is 1.36. The molecule has 0 aromatic carbocycles. The van der Waals surface area contributed by atoms with Gasteiger partial charge in [-0.15, -0.1) is 0 Å². The van der Waals surface area contributed by atoms with Gasteiger partial charge in [0.2, 0.25) is 5.91 Å². The molecule has 6 heteroatoms. The highest BCUT2D eigenvalue weighted by Crippen LogP contribution is 2.04. The smallest absolute Gasteiger partial charge is 0.221 e. The second-order valence-corrected chi connectivity index (χ2v) is 3.81. The molecule has 6 nitrogen and oxygen atoms in total. The van der Waals surface area contributed by atoms with Crippen molar-refractivity contribution in [1.29, 1.82) is 0 Å². The molecule has 0 fully saturated rings. The molecule has 1 rings (SSSR count). The van der Waals surface area contributed by atoms with Gasteiger partial charge in [0.15, 0.2) is 0 Å². The molecule has 2 N–H and O–H groups in total. The number of carbonyl (C=O) groups is 1. The van der Waals surface area contributed by atoms with Gasteiger partial charge >= 0.3 is 0 Å². The maximum Gasteiger partial charge on any atom is 0.221 e. The molecule has 1 aromatic heterocycles. The Kier molecular flexibility index (Phi) is 4.91. The maximum atomic E-state index is 11.0. The van der Waals surface area contributed by atoms with Gasteiger partial charge in [0.25, 0.3) is 0 Å². The first kappa shape index (κ1) is 12.6. The van der Waals surface area contributed by atoms with Gasteiger partial charge in [-0.25, -0.2) is 9.67 Å². The Bertz CT molecular complexity index is 334. The van der Waals surface area contributed by atoms with E-state index in [1.807, 2.05) is 4.68 Å². The van der Waals surface area contributed by atoms with Crippen LogP contribution in [0.4, 0.5) is 0 Å². The number of hydrogen-bond donors (Lipinski definition) is 2. The molecule has 1 heterocycles. The van der Waals surface area contributed by atoms with Gasteiger partial charge in [-0.3, -0.25) is 4.79 Å². The SMILES string of the molecule is CNC(=O)CCNCc1ncnn1C(C)C. The Morgan fingerprint density at radius 1 is 1.56 bits per heavy atom. The van der Waals surface area contributed by atoms with Crippen LogP contribution in [0.3, 0.4) is 0 Å². The van der Waals surface area contributed by atoms with Crippen molar-refractivity contribution in [1.82, 2.24) is 25.4 Å². The third-order valence-corrected chi connectivity index (χ3v) is 2.23. The zero-order valence-corrected chi connectivity index (χ0v) is 10.0. The van der Waals surface area contributed by atoms with E-state index in [1.165, 1.54) is 0 Å². The van der Waals surface area contributed by atoms with Crippen molar-refractivity contribution in [3.63, 3.8) is 0 Å². The average molecular weight is 225 g/mol. The Labute approximate surface area is 95.4 Å². The molecule has 0 saturated heterocycles. The van der Waals surface area contributed by atoms with Gasteiger partial charge in [0.05, 0.1) is 6.54 Å². The van der Waals surface area contributed by atoms with Crippen LogP contribution in [-0.2, 0) is 11.3 Å². The second-order valence-electron chi connectivity index (χ2n) is 3.81. The van der Waals surface area contributed by atoms with Crippen LogP contribution in [0.2, 0.25) is 0 Å². The third kappa shape index (κ3) is 3.62. The van der Waals surface area contributed by atoms with Gasteiger partial charge in [0.1, 0.15) is 12.2 Å². The lowest BCUT2D eigenvalue weighted by molar-refractivity contribution is -0.120. The molecule has 1 amide bonds. The summed E-state index contributed by atoms with van der Waals surface area (Å²) in [7, 11) is 1.64. The Hall–Kier alpha value is -1.43. The van der Waals surface area contributed by atoms with Gasteiger partial charge in [-0.2, -0.15) is 5.10 Å². The van der Waals surface area contributed by atoms with Crippen molar-refractivity contribution in [3.05, 3.63) is 12.2 Å². The molecule has 1 aromatic rings. The van der Waals surface area contributed by atoms with E-state index in [9.17, 15) is 4.79 Å². The van der Waals surface area contributed by atoms with Crippen LogP contribution in [-0.4, -0.2) is 34.3 Å². The summed E-state index contributed by atoms with van der Waals surface area (Å²) >= 11 is 0. The number of amides is 1. The summed E-state index contributed by atoms with van der Waals surface area (Å²) in [4.78, 5) is 15.1. The molecule has 90 valence electrons. The van der Waals surface area contributed by atoms with Gasteiger partial charge in [-0.05, 0) is 13.8 Å². The first-order valence-corrected chi connectivity index (χ1v) is 5.44. The molecule has 0 aliphatic rings. The fourth-order valence-corrected chi connectivity index (χ4v) is 1.36. The summed E-state index contributed by atoms with van der Waals surface area (Å²) < 4.78 is 1.87. The van der Waals surface area contributed by atoms with E-state index < -0.39 is 0 Å². The molecular formula is C10H19N5O. The summed E-state index contributed by atoms with van der Waals surface area (Å²) in [6.07, 6.45) is 2.03. The molecule has 0 aliphatic heterocycles. The highest BCUT2D eigenvalue weighted by atomic mass is 16.1. The van der Waals surface area contributed by atoms with E-state index >= 15 is 0 Å². The first-order chi connectivity index (χ1) is 7.65. The standard InChI is InChI=1S/C10H19N5O/c1-8(2)15-9(13-7-14-15)6-12-5-4-10(16)11-3/h7-8,12H,4-6H2,1-3H3,(H,11,16). The Balaban J connectivity index is 2.32. The van der Waals surface area contributed by atoms with Gasteiger partial charge in [-0.1, -0.05) is 0 Å². The average Bonchev–Trinajstić information content (AvgIpc) is 2.72. The zero-order valence-electron chi connectivity index (χ0n) is 10.0. The molecule has 0 bridgehead atoms. The number of nitrogens with one attached hydrogen (secondary N) is 2. The minimum Gasteiger partial charge on any atom is -0.359 e. The maximum absolute atomic E-state index is 11.0. The summed E-state index contributed by atoms with van der Waals surface area (Å²) in [6.45, 7) is 5.39. The van der Waals surface area contributed by atoms with E-state index in [2.05, 4.69) is 34.6 Å². The lowest BCUT2D eigenvalue weighted by Gasteiger charge is -2.09. The minimum atomic E-state index is 0.0397. The lowest BCUT2D eigenvalue weighted by atomic mass is 10.4. The van der Waals surface area contributed by atoms with Crippen molar-refractivity contribution in [2.24, 2.45) is 0 Å². The predicted octanol–water partition coefficient (Wildman–Crippen LogP) is 0.0847. The molecule has 0 radical (unpaired) electrons. The van der Waals surface area contributed by atoms with Crippen LogP contribution in [0.1, 0.15) is 32.1 Å². The number of aromatic nitrogens is 3. The normalized spacial score (nSPS) is 10.8. The quantitative estimate of drug-likeness (QED) is 0.673. The fraction of sp³-hybridized carbons (Fsp3) is 0.700. The van der Waals surface area contributed by atoms with Crippen LogP contribution in [0.25, 0.3) is 0 Å². The number of nitrogens with zero attached hydrogens (tertiary/aromatic N) is 3. The van der Waals surface area contributed by atoms with E-state index in [0.717, 1.165) is 5.82 Å². The monoisotopic (exact) mass is 225 g/mol. The van der Waals surface area contributed by atoms with Crippen molar-refractivity contribution in [3.8, 4) is 0 Å². The number of rotatable bonds is 6. The minimum absolute atomic E-state index is 0.0397. The largest absolute Gasteiger partial charge is 0.359 e. The molecular weight excluding hydrogens is 206 g/mol. The molecule has 0 spiro atoms. The van der Waals surface area contributed by atoms with Crippen LogP contribution in [0.15, 0.2) is 6.33 Å². The molecule has 0 unspecified atom stereocenters. The van der Waals surface area contributed by atoms with Crippen LogP contribution < -0.4 is 10.6 Å².